The zero-order chi connectivity index (χ0) is 10.1. The lowest BCUT2D eigenvalue weighted by Gasteiger charge is -2.31. The average molecular weight is 179 g/mol. The van der Waals surface area contributed by atoms with E-state index in [-0.39, 0.29) is 6.04 Å². The fourth-order valence-electron chi connectivity index (χ4n) is 1.93. The van der Waals surface area contributed by atoms with Gasteiger partial charge in [-0.05, 0) is 31.1 Å². The summed E-state index contributed by atoms with van der Waals surface area (Å²) < 4.78 is 0. The molecule has 1 aliphatic rings. The summed E-state index contributed by atoms with van der Waals surface area (Å²) in [5.41, 5.74) is 7.41. The smallest absolute Gasteiger partial charge is 0.00191 e. The molecule has 0 aromatic rings. The molecule has 74 valence electrons. The van der Waals surface area contributed by atoms with Crippen molar-refractivity contribution < 1.29 is 0 Å². The van der Waals surface area contributed by atoms with Gasteiger partial charge in [-0.3, -0.25) is 0 Å². The highest BCUT2D eigenvalue weighted by atomic mass is 14.6. The van der Waals surface area contributed by atoms with Crippen molar-refractivity contribution in [2.45, 2.75) is 39.7 Å². The Labute approximate surface area is 81.7 Å². The molecule has 2 unspecified atom stereocenters. The summed E-state index contributed by atoms with van der Waals surface area (Å²) in [6, 6.07) is 0.271. The van der Waals surface area contributed by atoms with Crippen LogP contribution >= 0.6 is 0 Å². The van der Waals surface area contributed by atoms with Gasteiger partial charge in [-0.25, -0.2) is 0 Å². The summed E-state index contributed by atoms with van der Waals surface area (Å²) in [6.07, 6.45) is 6.70. The predicted molar refractivity (Wildman–Crippen MR) is 58.4 cm³/mol. The normalized spacial score (nSPS) is 28.9. The lowest BCUT2D eigenvalue weighted by molar-refractivity contribution is 0.417. The van der Waals surface area contributed by atoms with Crippen molar-refractivity contribution in [1.29, 1.82) is 0 Å². The van der Waals surface area contributed by atoms with E-state index in [9.17, 15) is 0 Å². The number of nitrogens with two attached hydrogens (primary N) is 1. The molecule has 0 spiro atoms. The first-order chi connectivity index (χ1) is 5.91. The van der Waals surface area contributed by atoms with Gasteiger partial charge in [0.25, 0.3) is 0 Å². The van der Waals surface area contributed by atoms with E-state index in [0.29, 0.717) is 11.3 Å². The van der Waals surface area contributed by atoms with E-state index in [2.05, 4.69) is 39.5 Å². The van der Waals surface area contributed by atoms with Gasteiger partial charge in [-0.1, -0.05) is 38.2 Å². The van der Waals surface area contributed by atoms with Crippen LogP contribution in [0.4, 0.5) is 0 Å². The van der Waals surface area contributed by atoms with Gasteiger partial charge in [0.1, 0.15) is 0 Å². The van der Waals surface area contributed by atoms with Crippen molar-refractivity contribution in [2.24, 2.45) is 17.1 Å². The maximum atomic E-state index is 5.78. The Morgan fingerprint density at radius 2 is 2.31 bits per heavy atom. The van der Waals surface area contributed by atoms with Gasteiger partial charge >= 0.3 is 0 Å². The molecule has 0 aromatic carbocycles. The second-order valence-corrected chi connectivity index (χ2v) is 5.00. The highest BCUT2D eigenvalue weighted by molar-refractivity contribution is 5.20. The summed E-state index contributed by atoms with van der Waals surface area (Å²) >= 11 is 0. The number of allylic oxidation sites excluding steroid dienone is 3. The minimum Gasteiger partial charge on any atom is -0.328 e. The third-order valence-corrected chi connectivity index (χ3v) is 2.61. The second kappa shape index (κ2) is 3.67. The van der Waals surface area contributed by atoms with E-state index >= 15 is 0 Å². The Hall–Kier alpha value is -0.560. The third kappa shape index (κ3) is 3.00. The van der Waals surface area contributed by atoms with Crippen LogP contribution in [0.2, 0.25) is 0 Å². The molecule has 0 aromatic heterocycles. The Balaban J connectivity index is 2.65. The Bertz CT molecular complexity index is 223. The van der Waals surface area contributed by atoms with Crippen LogP contribution in [0.1, 0.15) is 33.6 Å². The van der Waals surface area contributed by atoms with Crippen LogP contribution in [-0.2, 0) is 0 Å². The molecule has 0 bridgehead atoms. The topological polar surface area (TPSA) is 26.0 Å². The first-order valence-corrected chi connectivity index (χ1v) is 5.03. The third-order valence-electron chi connectivity index (χ3n) is 2.61. The van der Waals surface area contributed by atoms with Crippen molar-refractivity contribution in [3.63, 3.8) is 0 Å². The van der Waals surface area contributed by atoms with Crippen LogP contribution < -0.4 is 5.73 Å². The monoisotopic (exact) mass is 179 g/mol. The van der Waals surface area contributed by atoms with Gasteiger partial charge in [0.2, 0.25) is 0 Å². The second-order valence-electron chi connectivity index (χ2n) is 5.00. The lowest BCUT2D eigenvalue weighted by Crippen LogP contribution is -2.24. The van der Waals surface area contributed by atoms with Crippen LogP contribution in [0.15, 0.2) is 24.3 Å². The van der Waals surface area contributed by atoms with Gasteiger partial charge in [0, 0.05) is 6.04 Å². The van der Waals surface area contributed by atoms with Crippen molar-refractivity contribution in [3.05, 3.63) is 24.3 Å². The largest absolute Gasteiger partial charge is 0.328 e. The highest BCUT2D eigenvalue weighted by Gasteiger charge is 2.24. The SMILES string of the molecule is C=C1CC(C)(C)C=CC1CC(C)N. The Morgan fingerprint density at radius 1 is 1.69 bits per heavy atom. The van der Waals surface area contributed by atoms with Gasteiger partial charge in [0.05, 0.1) is 0 Å². The Morgan fingerprint density at radius 3 is 2.77 bits per heavy atom. The van der Waals surface area contributed by atoms with E-state index in [1.807, 2.05) is 0 Å². The molecule has 1 nitrogen and oxygen atoms in total. The zero-order valence-electron chi connectivity index (χ0n) is 9.01. The summed E-state index contributed by atoms with van der Waals surface area (Å²) in [7, 11) is 0. The minimum absolute atomic E-state index is 0.271. The molecule has 0 saturated carbocycles. The lowest BCUT2D eigenvalue weighted by atomic mass is 9.75. The Kier molecular flexibility index (Phi) is 2.97. The molecule has 0 saturated heterocycles. The first-order valence-electron chi connectivity index (χ1n) is 5.03. The van der Waals surface area contributed by atoms with Crippen molar-refractivity contribution in [1.82, 2.24) is 0 Å². The van der Waals surface area contributed by atoms with Crippen LogP contribution in [0.5, 0.6) is 0 Å². The fourth-order valence-corrected chi connectivity index (χ4v) is 1.93. The van der Waals surface area contributed by atoms with Crippen molar-refractivity contribution >= 4 is 0 Å². The van der Waals surface area contributed by atoms with Crippen LogP contribution in [0, 0.1) is 11.3 Å². The van der Waals surface area contributed by atoms with E-state index in [1.54, 1.807) is 0 Å². The molecule has 0 heterocycles. The molecule has 0 fully saturated rings. The van der Waals surface area contributed by atoms with Crippen molar-refractivity contribution in [2.75, 3.05) is 0 Å². The first kappa shape index (κ1) is 10.5. The van der Waals surface area contributed by atoms with Crippen molar-refractivity contribution in [3.8, 4) is 0 Å². The summed E-state index contributed by atoms with van der Waals surface area (Å²) in [4.78, 5) is 0. The molecule has 2 atom stereocenters. The average Bonchev–Trinajstić information content (AvgIpc) is 1.93. The predicted octanol–water partition coefficient (Wildman–Crippen LogP) is 2.88. The number of rotatable bonds is 2. The summed E-state index contributed by atoms with van der Waals surface area (Å²) in [5.74, 6) is 0.507. The van der Waals surface area contributed by atoms with Gasteiger partial charge < -0.3 is 5.73 Å². The molecule has 1 heteroatoms. The molecule has 1 rings (SSSR count). The van der Waals surface area contributed by atoms with Gasteiger partial charge in [-0.15, -0.1) is 0 Å². The molecule has 13 heavy (non-hydrogen) atoms. The highest BCUT2D eigenvalue weighted by Crippen LogP contribution is 2.36. The summed E-state index contributed by atoms with van der Waals surface area (Å²) in [6.45, 7) is 10.7. The number of hydrogen-bond acceptors (Lipinski definition) is 1. The van der Waals surface area contributed by atoms with Crippen LogP contribution in [0.25, 0.3) is 0 Å². The molecular weight excluding hydrogens is 158 g/mol. The maximum absolute atomic E-state index is 5.78. The number of hydrogen-bond donors (Lipinski definition) is 1. The van der Waals surface area contributed by atoms with Crippen LogP contribution in [0.3, 0.4) is 0 Å². The molecular formula is C12H21N. The van der Waals surface area contributed by atoms with E-state index in [4.69, 9.17) is 5.73 Å². The van der Waals surface area contributed by atoms with Gasteiger partial charge in [0.15, 0.2) is 0 Å². The quantitative estimate of drug-likeness (QED) is 0.648. The summed E-state index contributed by atoms with van der Waals surface area (Å²) in [5, 5.41) is 0. The standard InChI is InChI=1S/C12H21N/c1-9-8-12(3,4)6-5-11(9)7-10(2)13/h5-6,10-11H,1,7-8,13H2,2-4H3. The van der Waals surface area contributed by atoms with E-state index < -0.39 is 0 Å². The molecule has 0 radical (unpaired) electrons. The maximum Gasteiger partial charge on any atom is 0.00191 e. The van der Waals surface area contributed by atoms with E-state index in [1.165, 1.54) is 5.57 Å². The zero-order valence-corrected chi connectivity index (χ0v) is 9.01. The van der Waals surface area contributed by atoms with Gasteiger partial charge in [-0.2, -0.15) is 0 Å². The molecule has 1 aliphatic carbocycles. The van der Waals surface area contributed by atoms with Crippen LogP contribution in [-0.4, -0.2) is 6.04 Å². The molecule has 2 N–H and O–H groups in total. The molecule has 0 amide bonds. The minimum atomic E-state index is 0.271. The molecule has 0 aliphatic heterocycles. The van der Waals surface area contributed by atoms with E-state index in [0.717, 1.165) is 12.8 Å². The fraction of sp³-hybridized carbons (Fsp3) is 0.667.